The highest BCUT2D eigenvalue weighted by molar-refractivity contribution is 5.23. The van der Waals surface area contributed by atoms with Crippen molar-refractivity contribution in [2.75, 3.05) is 13.7 Å². The van der Waals surface area contributed by atoms with E-state index in [9.17, 15) is 0 Å². The molecule has 96 valence electrons. The smallest absolute Gasteiger partial charge is 0.105 e. The third kappa shape index (κ3) is 3.11. The van der Waals surface area contributed by atoms with Crippen LogP contribution in [0.25, 0.3) is 0 Å². The summed E-state index contributed by atoms with van der Waals surface area (Å²) >= 11 is 0. The third-order valence-electron chi connectivity index (χ3n) is 3.55. The van der Waals surface area contributed by atoms with E-state index in [1.165, 1.54) is 18.4 Å². The number of rotatable bonds is 6. The van der Waals surface area contributed by atoms with Crippen LogP contribution >= 0.6 is 0 Å². The van der Waals surface area contributed by atoms with E-state index in [1.807, 2.05) is 13.8 Å². The second-order valence-electron chi connectivity index (χ2n) is 5.16. The molecule has 2 rings (SSSR count). The molecule has 0 amide bonds. The molecule has 1 aliphatic carbocycles. The van der Waals surface area contributed by atoms with Crippen LogP contribution in [0.5, 0.6) is 0 Å². The molecule has 0 saturated heterocycles. The summed E-state index contributed by atoms with van der Waals surface area (Å²) in [6, 6.07) is 2.93. The van der Waals surface area contributed by atoms with Gasteiger partial charge >= 0.3 is 0 Å². The average Bonchev–Trinajstić information content (AvgIpc) is 3.04. The van der Waals surface area contributed by atoms with Crippen molar-refractivity contribution < 1.29 is 9.15 Å². The van der Waals surface area contributed by atoms with E-state index in [0.29, 0.717) is 12.1 Å². The number of hydrogen-bond donors (Lipinski definition) is 1. The molecule has 1 aromatic heterocycles. The Morgan fingerprint density at radius 1 is 1.47 bits per heavy atom. The summed E-state index contributed by atoms with van der Waals surface area (Å²) in [5, 5.41) is 3.67. The van der Waals surface area contributed by atoms with Crippen molar-refractivity contribution in [3.8, 4) is 0 Å². The number of furan rings is 1. The highest BCUT2D eigenvalue weighted by Crippen LogP contribution is 2.34. The Bertz CT molecular complexity index is 368. The summed E-state index contributed by atoms with van der Waals surface area (Å²) in [5.74, 6) is 2.81. The number of ether oxygens (including phenoxy) is 1. The predicted molar refractivity (Wildman–Crippen MR) is 68.1 cm³/mol. The van der Waals surface area contributed by atoms with Crippen LogP contribution in [-0.2, 0) is 4.74 Å². The lowest BCUT2D eigenvalue weighted by molar-refractivity contribution is 0.152. The Morgan fingerprint density at radius 3 is 2.65 bits per heavy atom. The minimum atomic E-state index is 0.327. The first kappa shape index (κ1) is 12.7. The molecule has 1 aliphatic rings. The lowest BCUT2D eigenvalue weighted by Crippen LogP contribution is -2.37. The summed E-state index contributed by atoms with van der Waals surface area (Å²) in [4.78, 5) is 0. The van der Waals surface area contributed by atoms with Crippen LogP contribution < -0.4 is 5.32 Å². The number of aryl methyl sites for hydroxylation is 2. The van der Waals surface area contributed by atoms with E-state index >= 15 is 0 Å². The van der Waals surface area contributed by atoms with Crippen molar-refractivity contribution in [2.45, 2.75) is 45.7 Å². The first-order valence-corrected chi connectivity index (χ1v) is 6.43. The zero-order valence-corrected chi connectivity index (χ0v) is 11.2. The highest BCUT2D eigenvalue weighted by atomic mass is 16.5. The number of nitrogens with one attached hydrogen (secondary N) is 1. The minimum Gasteiger partial charge on any atom is -0.466 e. The minimum absolute atomic E-state index is 0.327. The van der Waals surface area contributed by atoms with Gasteiger partial charge in [0.2, 0.25) is 0 Å². The Balaban J connectivity index is 1.99. The SMILES string of the molecule is COCC(NC(C)c1cc(C)oc1C)C1CC1. The maximum absolute atomic E-state index is 5.58. The molecule has 1 N–H and O–H groups in total. The second kappa shape index (κ2) is 5.23. The van der Waals surface area contributed by atoms with E-state index in [0.717, 1.165) is 24.0 Å². The Labute approximate surface area is 104 Å². The van der Waals surface area contributed by atoms with Gasteiger partial charge in [0.1, 0.15) is 11.5 Å². The van der Waals surface area contributed by atoms with Crippen LogP contribution in [0.3, 0.4) is 0 Å². The summed E-state index contributed by atoms with van der Waals surface area (Å²) in [7, 11) is 1.77. The Morgan fingerprint density at radius 2 is 2.18 bits per heavy atom. The Hall–Kier alpha value is -0.800. The normalized spacial score (nSPS) is 19.3. The molecule has 0 spiro atoms. The van der Waals surface area contributed by atoms with Crippen molar-refractivity contribution in [1.82, 2.24) is 5.32 Å². The van der Waals surface area contributed by atoms with Crippen LogP contribution in [0, 0.1) is 19.8 Å². The molecule has 0 bridgehead atoms. The van der Waals surface area contributed by atoms with Crippen molar-refractivity contribution in [1.29, 1.82) is 0 Å². The summed E-state index contributed by atoms with van der Waals surface area (Å²) in [6.07, 6.45) is 2.66. The second-order valence-corrected chi connectivity index (χ2v) is 5.16. The molecule has 1 saturated carbocycles. The molecular weight excluding hydrogens is 214 g/mol. The topological polar surface area (TPSA) is 34.4 Å². The molecule has 2 atom stereocenters. The van der Waals surface area contributed by atoms with Crippen molar-refractivity contribution in [3.63, 3.8) is 0 Å². The van der Waals surface area contributed by atoms with E-state index in [-0.39, 0.29) is 0 Å². The lowest BCUT2D eigenvalue weighted by atomic mass is 10.1. The van der Waals surface area contributed by atoms with Gasteiger partial charge in [0.25, 0.3) is 0 Å². The van der Waals surface area contributed by atoms with Gasteiger partial charge in [0.15, 0.2) is 0 Å². The van der Waals surface area contributed by atoms with Gasteiger partial charge in [0.05, 0.1) is 6.61 Å². The fourth-order valence-electron chi connectivity index (χ4n) is 2.49. The van der Waals surface area contributed by atoms with Gasteiger partial charge in [-0.3, -0.25) is 0 Å². The van der Waals surface area contributed by atoms with Crippen molar-refractivity contribution in [3.05, 3.63) is 23.2 Å². The summed E-state index contributed by atoms with van der Waals surface area (Å²) in [6.45, 7) is 7.02. The number of methoxy groups -OCH3 is 1. The molecule has 0 radical (unpaired) electrons. The first-order valence-electron chi connectivity index (χ1n) is 6.43. The Kier molecular flexibility index (Phi) is 3.89. The van der Waals surface area contributed by atoms with Gasteiger partial charge in [0, 0.05) is 24.8 Å². The van der Waals surface area contributed by atoms with E-state index in [2.05, 4.69) is 18.3 Å². The third-order valence-corrected chi connectivity index (χ3v) is 3.55. The fourth-order valence-corrected chi connectivity index (χ4v) is 2.49. The molecule has 17 heavy (non-hydrogen) atoms. The van der Waals surface area contributed by atoms with Crippen LogP contribution in [0.2, 0.25) is 0 Å². The molecule has 1 heterocycles. The van der Waals surface area contributed by atoms with E-state index < -0.39 is 0 Å². The molecule has 0 aliphatic heterocycles. The lowest BCUT2D eigenvalue weighted by Gasteiger charge is -2.22. The van der Waals surface area contributed by atoms with Gasteiger partial charge in [-0.15, -0.1) is 0 Å². The van der Waals surface area contributed by atoms with Gasteiger partial charge in [-0.1, -0.05) is 0 Å². The number of hydrogen-bond acceptors (Lipinski definition) is 3. The first-order chi connectivity index (χ1) is 8.11. The molecule has 0 aromatic carbocycles. The fraction of sp³-hybridized carbons (Fsp3) is 0.714. The summed E-state index contributed by atoms with van der Waals surface area (Å²) in [5.41, 5.74) is 1.27. The zero-order chi connectivity index (χ0) is 12.4. The maximum Gasteiger partial charge on any atom is 0.105 e. The maximum atomic E-state index is 5.58. The van der Waals surface area contributed by atoms with Crippen LogP contribution in [-0.4, -0.2) is 19.8 Å². The quantitative estimate of drug-likeness (QED) is 0.826. The predicted octanol–water partition coefficient (Wildman–Crippen LogP) is 2.97. The standard InChI is InChI=1S/C14H23NO2/c1-9-7-13(11(3)17-9)10(2)15-14(8-16-4)12-5-6-12/h7,10,12,14-15H,5-6,8H2,1-4H3. The zero-order valence-electron chi connectivity index (χ0n) is 11.2. The van der Waals surface area contributed by atoms with Gasteiger partial charge < -0.3 is 14.5 Å². The van der Waals surface area contributed by atoms with Gasteiger partial charge in [-0.05, 0) is 45.6 Å². The van der Waals surface area contributed by atoms with Crippen molar-refractivity contribution in [2.24, 2.45) is 5.92 Å². The average molecular weight is 237 g/mol. The van der Waals surface area contributed by atoms with Crippen LogP contribution in [0.15, 0.2) is 10.5 Å². The van der Waals surface area contributed by atoms with Crippen LogP contribution in [0.1, 0.15) is 42.9 Å². The molecule has 1 aromatic rings. The highest BCUT2D eigenvalue weighted by Gasteiger charge is 2.32. The molecular formula is C14H23NO2. The monoisotopic (exact) mass is 237 g/mol. The van der Waals surface area contributed by atoms with Crippen molar-refractivity contribution >= 4 is 0 Å². The molecule has 3 heteroatoms. The van der Waals surface area contributed by atoms with Gasteiger partial charge in [-0.25, -0.2) is 0 Å². The largest absolute Gasteiger partial charge is 0.466 e. The van der Waals surface area contributed by atoms with Gasteiger partial charge in [-0.2, -0.15) is 0 Å². The molecule has 2 unspecified atom stereocenters. The van der Waals surface area contributed by atoms with E-state index in [4.69, 9.17) is 9.15 Å². The van der Waals surface area contributed by atoms with Crippen LogP contribution in [0.4, 0.5) is 0 Å². The molecule has 3 nitrogen and oxygen atoms in total. The molecule has 1 fully saturated rings. The summed E-state index contributed by atoms with van der Waals surface area (Å²) < 4.78 is 10.9. The van der Waals surface area contributed by atoms with E-state index in [1.54, 1.807) is 7.11 Å².